The summed E-state index contributed by atoms with van der Waals surface area (Å²) in [6.07, 6.45) is 7.34. The number of hydrogen-bond donors (Lipinski definition) is 1. The van der Waals surface area contributed by atoms with E-state index in [1.165, 1.54) is 5.57 Å². The second-order valence-corrected chi connectivity index (χ2v) is 2.39. The van der Waals surface area contributed by atoms with E-state index in [2.05, 4.69) is 25.2 Å². The molecule has 0 aromatic rings. The van der Waals surface area contributed by atoms with Crippen LogP contribution >= 0.6 is 0 Å². The largest absolute Gasteiger partial charge is 0.324 e. The fraction of sp³-hybridized carbons (Fsp3) is 0.556. The Labute approximate surface area is 63.6 Å². The molecule has 1 heteroatoms. The molecule has 0 saturated carbocycles. The van der Waals surface area contributed by atoms with Gasteiger partial charge in [0, 0.05) is 6.04 Å². The number of rotatable bonds is 3. The van der Waals surface area contributed by atoms with Crippen molar-refractivity contribution >= 4 is 0 Å². The molecule has 0 radical (unpaired) electrons. The number of nitrogens with two attached hydrogens (primary N) is 1. The van der Waals surface area contributed by atoms with Gasteiger partial charge in [0.2, 0.25) is 0 Å². The quantitative estimate of drug-likeness (QED) is 0.596. The molecule has 0 heterocycles. The van der Waals surface area contributed by atoms with E-state index in [4.69, 9.17) is 5.73 Å². The highest BCUT2D eigenvalue weighted by Crippen LogP contribution is 2.01. The molecule has 1 nitrogen and oxygen atoms in total. The van der Waals surface area contributed by atoms with E-state index in [1.807, 2.05) is 13.8 Å². The van der Waals surface area contributed by atoms with Crippen LogP contribution in [-0.4, -0.2) is 6.04 Å². The van der Waals surface area contributed by atoms with Gasteiger partial charge in [-0.1, -0.05) is 25.2 Å². The Bertz CT molecular complexity index is 132. The Morgan fingerprint density at radius 3 is 2.50 bits per heavy atom. The summed E-state index contributed by atoms with van der Waals surface area (Å²) in [5.41, 5.74) is 6.88. The van der Waals surface area contributed by atoms with Gasteiger partial charge in [-0.05, 0) is 25.8 Å². The van der Waals surface area contributed by atoms with Gasteiger partial charge in [-0.25, -0.2) is 0 Å². The monoisotopic (exact) mass is 139 g/mol. The van der Waals surface area contributed by atoms with Crippen molar-refractivity contribution in [2.24, 2.45) is 5.73 Å². The zero-order chi connectivity index (χ0) is 7.98. The maximum atomic E-state index is 5.67. The Kier molecular flexibility index (Phi) is 4.95. The van der Waals surface area contributed by atoms with E-state index in [0.717, 1.165) is 6.42 Å². The average molecular weight is 139 g/mol. The molecule has 0 saturated heterocycles. The molecule has 0 aliphatic heterocycles. The minimum Gasteiger partial charge on any atom is -0.324 e. The molecule has 0 aromatic heterocycles. The summed E-state index contributed by atoms with van der Waals surface area (Å²) < 4.78 is 0. The number of allylic oxidation sites excluding steroid dienone is 2. The molecule has 0 fully saturated rings. The van der Waals surface area contributed by atoms with Crippen LogP contribution in [0.4, 0.5) is 0 Å². The molecule has 58 valence electrons. The Hall–Kier alpha value is -0.560. The van der Waals surface area contributed by atoms with Gasteiger partial charge in [0.15, 0.2) is 0 Å². The summed E-state index contributed by atoms with van der Waals surface area (Å²) in [6, 6.07) is 0.160. The molecule has 0 aliphatic rings. The van der Waals surface area contributed by atoms with Crippen LogP contribution in [0.3, 0.4) is 0 Å². The highest BCUT2D eigenvalue weighted by molar-refractivity contribution is 5.22. The van der Waals surface area contributed by atoms with Crippen molar-refractivity contribution in [2.45, 2.75) is 33.2 Å². The second-order valence-electron chi connectivity index (χ2n) is 2.39. The van der Waals surface area contributed by atoms with Crippen LogP contribution in [0.2, 0.25) is 0 Å². The Morgan fingerprint density at radius 2 is 2.20 bits per heavy atom. The van der Waals surface area contributed by atoms with Crippen molar-refractivity contribution in [1.29, 1.82) is 0 Å². The zero-order valence-corrected chi connectivity index (χ0v) is 7.09. The molecule has 0 amide bonds. The predicted molar refractivity (Wildman–Crippen MR) is 46.8 cm³/mol. The van der Waals surface area contributed by atoms with E-state index in [1.54, 1.807) is 0 Å². The van der Waals surface area contributed by atoms with Crippen LogP contribution in [0, 0.1) is 0 Å². The van der Waals surface area contributed by atoms with Crippen LogP contribution in [0.25, 0.3) is 0 Å². The molecule has 0 bridgehead atoms. The minimum atomic E-state index is 0.160. The first kappa shape index (κ1) is 9.44. The molecule has 0 aliphatic carbocycles. The third-order valence-corrected chi connectivity index (χ3v) is 1.41. The van der Waals surface area contributed by atoms with E-state index >= 15 is 0 Å². The molecular formula is C9H17N. The highest BCUT2D eigenvalue weighted by atomic mass is 14.6. The Morgan fingerprint density at radius 1 is 1.60 bits per heavy atom. The molecule has 0 aromatic carbocycles. The maximum Gasteiger partial charge on any atom is 0.0262 e. The maximum absolute atomic E-state index is 5.67. The van der Waals surface area contributed by atoms with Gasteiger partial charge in [0.05, 0.1) is 0 Å². The van der Waals surface area contributed by atoms with E-state index in [-0.39, 0.29) is 6.04 Å². The lowest BCUT2D eigenvalue weighted by Crippen LogP contribution is -2.16. The zero-order valence-electron chi connectivity index (χ0n) is 7.09. The van der Waals surface area contributed by atoms with Crippen LogP contribution in [0.15, 0.2) is 23.8 Å². The van der Waals surface area contributed by atoms with E-state index < -0.39 is 0 Å². The van der Waals surface area contributed by atoms with Gasteiger partial charge in [-0.15, -0.1) is 0 Å². The molecule has 2 N–H and O–H groups in total. The standard InChI is InChI=1S/C9H17N/c1-4-6-7-9(5-2)8(3)10/h5-8H,4,10H2,1-3H3/b7-6-,9-5+. The summed E-state index contributed by atoms with van der Waals surface area (Å²) in [6.45, 7) is 6.12. The molecular weight excluding hydrogens is 122 g/mol. The highest BCUT2D eigenvalue weighted by Gasteiger charge is 1.94. The summed E-state index contributed by atoms with van der Waals surface area (Å²) in [4.78, 5) is 0. The second kappa shape index (κ2) is 5.24. The van der Waals surface area contributed by atoms with Crippen molar-refractivity contribution in [3.8, 4) is 0 Å². The first-order valence-corrected chi connectivity index (χ1v) is 3.80. The van der Waals surface area contributed by atoms with Gasteiger partial charge in [-0.2, -0.15) is 0 Å². The smallest absolute Gasteiger partial charge is 0.0262 e. The molecule has 0 rings (SSSR count). The lowest BCUT2D eigenvalue weighted by molar-refractivity contribution is 0.881. The summed E-state index contributed by atoms with van der Waals surface area (Å²) >= 11 is 0. The topological polar surface area (TPSA) is 26.0 Å². The molecule has 1 unspecified atom stereocenters. The van der Waals surface area contributed by atoms with Crippen molar-refractivity contribution < 1.29 is 0 Å². The van der Waals surface area contributed by atoms with Crippen molar-refractivity contribution in [2.75, 3.05) is 0 Å². The van der Waals surface area contributed by atoms with Crippen molar-refractivity contribution in [3.05, 3.63) is 23.8 Å². The third kappa shape index (κ3) is 3.46. The van der Waals surface area contributed by atoms with Gasteiger partial charge >= 0.3 is 0 Å². The van der Waals surface area contributed by atoms with E-state index in [0.29, 0.717) is 0 Å². The summed E-state index contributed by atoms with van der Waals surface area (Å²) in [7, 11) is 0. The SMILES string of the molecule is C/C=C(\C=C/CC)C(C)N. The van der Waals surface area contributed by atoms with Crippen LogP contribution in [-0.2, 0) is 0 Å². The lowest BCUT2D eigenvalue weighted by Gasteiger charge is -2.04. The first-order valence-electron chi connectivity index (χ1n) is 3.80. The third-order valence-electron chi connectivity index (χ3n) is 1.41. The predicted octanol–water partition coefficient (Wildman–Crippen LogP) is 2.25. The van der Waals surface area contributed by atoms with Gasteiger partial charge in [0.1, 0.15) is 0 Å². The molecule has 10 heavy (non-hydrogen) atoms. The van der Waals surface area contributed by atoms with Crippen molar-refractivity contribution in [1.82, 2.24) is 0 Å². The van der Waals surface area contributed by atoms with E-state index in [9.17, 15) is 0 Å². The van der Waals surface area contributed by atoms with Gasteiger partial charge < -0.3 is 5.73 Å². The van der Waals surface area contributed by atoms with Crippen LogP contribution < -0.4 is 5.73 Å². The number of hydrogen-bond acceptors (Lipinski definition) is 1. The van der Waals surface area contributed by atoms with Crippen LogP contribution in [0.5, 0.6) is 0 Å². The molecule has 0 spiro atoms. The summed E-state index contributed by atoms with van der Waals surface area (Å²) in [5, 5.41) is 0. The molecule has 1 atom stereocenters. The van der Waals surface area contributed by atoms with Crippen LogP contribution in [0.1, 0.15) is 27.2 Å². The fourth-order valence-corrected chi connectivity index (χ4v) is 0.765. The fourth-order valence-electron chi connectivity index (χ4n) is 0.765. The first-order chi connectivity index (χ1) is 4.72. The van der Waals surface area contributed by atoms with Crippen molar-refractivity contribution in [3.63, 3.8) is 0 Å². The van der Waals surface area contributed by atoms with Gasteiger partial charge in [0.25, 0.3) is 0 Å². The Balaban J connectivity index is 3.98. The van der Waals surface area contributed by atoms with Gasteiger partial charge in [-0.3, -0.25) is 0 Å². The minimum absolute atomic E-state index is 0.160. The average Bonchev–Trinajstić information content (AvgIpc) is 1.89. The lowest BCUT2D eigenvalue weighted by atomic mass is 10.1. The summed E-state index contributed by atoms with van der Waals surface area (Å²) in [5.74, 6) is 0. The normalized spacial score (nSPS) is 16.2.